The third-order valence-electron chi connectivity index (χ3n) is 9.90. The van der Waals surface area contributed by atoms with Crippen molar-refractivity contribution >= 4 is 23.2 Å². The average Bonchev–Trinajstić information content (AvgIpc) is 3.11. The van der Waals surface area contributed by atoms with Crippen LogP contribution in [0.1, 0.15) is 167 Å². The molecule has 0 aromatic heterocycles. The molecule has 0 aliphatic heterocycles. The van der Waals surface area contributed by atoms with E-state index < -0.39 is 0 Å². The molecule has 0 aliphatic carbocycles. The molecule has 0 atom stereocenters. The number of rotatable bonds is 32. The summed E-state index contributed by atoms with van der Waals surface area (Å²) in [4.78, 5) is 30.9. The lowest BCUT2D eigenvalue weighted by atomic mass is 10.0. The fourth-order valence-corrected chi connectivity index (χ4v) is 6.85. The summed E-state index contributed by atoms with van der Waals surface area (Å²) in [7, 11) is 0. The number of carbonyl (C=O) groups is 2. The molecule has 0 aliphatic rings. The van der Waals surface area contributed by atoms with Gasteiger partial charge in [-0.15, -0.1) is 0 Å². The van der Waals surface area contributed by atoms with Crippen LogP contribution in [0.5, 0.6) is 0 Å². The van der Waals surface area contributed by atoms with E-state index in [1.165, 1.54) is 103 Å². The molecule has 2 rings (SSSR count). The molecule has 2 N–H and O–H groups in total. The number of benzene rings is 2. The third-order valence-corrected chi connectivity index (χ3v) is 9.90. The van der Waals surface area contributed by atoms with Crippen molar-refractivity contribution < 1.29 is 9.59 Å². The molecule has 6 heteroatoms. The van der Waals surface area contributed by atoms with Crippen molar-refractivity contribution in [1.82, 2.24) is 9.80 Å². The van der Waals surface area contributed by atoms with Gasteiger partial charge in [0.25, 0.3) is 0 Å². The summed E-state index contributed by atoms with van der Waals surface area (Å²) in [6, 6.07) is 16.3. The molecule has 6 nitrogen and oxygen atoms in total. The van der Waals surface area contributed by atoms with Gasteiger partial charge in [-0.2, -0.15) is 0 Å². The van der Waals surface area contributed by atoms with E-state index in [1.54, 1.807) is 0 Å². The Morgan fingerprint density at radius 2 is 0.784 bits per heavy atom. The quantitative estimate of drug-likeness (QED) is 0.0744. The van der Waals surface area contributed by atoms with Crippen LogP contribution in [0.15, 0.2) is 48.5 Å². The fraction of sp³-hybridized carbons (Fsp3) is 0.689. The molecule has 0 saturated carbocycles. The number of hydrogen-bond donors (Lipinski definition) is 2. The zero-order valence-corrected chi connectivity index (χ0v) is 33.4. The largest absolute Gasteiger partial charge is 0.326 e. The van der Waals surface area contributed by atoms with E-state index in [1.807, 2.05) is 24.3 Å². The normalized spacial score (nSPS) is 11.4. The Balaban J connectivity index is 1.79. The van der Waals surface area contributed by atoms with Crippen LogP contribution in [0, 0.1) is 0 Å². The van der Waals surface area contributed by atoms with Crippen LogP contribution in [-0.2, 0) is 16.0 Å². The van der Waals surface area contributed by atoms with Gasteiger partial charge in [-0.05, 0) is 120 Å². The number of anilines is 2. The standard InChI is InChI=1S/C45H76N4O2/c1-5-9-13-15-19-33-48(31-17-11-7-3)35-23-29-44(50)46-42-27-21-25-40(38-42)37-41-26-22-28-43(39-41)47-45(51)30-24-36-49(32-18-12-8-4)34-20-16-14-10-6-2/h21-22,25-28,38-39H,5-20,23-24,29-37H2,1-4H3,(H,46,50)(H,47,51). The summed E-state index contributed by atoms with van der Waals surface area (Å²) < 4.78 is 0. The number of carbonyl (C=O) groups excluding carboxylic acids is 2. The zero-order valence-electron chi connectivity index (χ0n) is 33.4. The highest BCUT2D eigenvalue weighted by molar-refractivity contribution is 5.91. The van der Waals surface area contributed by atoms with E-state index in [4.69, 9.17) is 0 Å². The molecule has 51 heavy (non-hydrogen) atoms. The van der Waals surface area contributed by atoms with Gasteiger partial charge in [0, 0.05) is 24.2 Å². The van der Waals surface area contributed by atoms with E-state index >= 15 is 0 Å². The van der Waals surface area contributed by atoms with Crippen molar-refractivity contribution in [3.05, 3.63) is 59.7 Å². The SMILES string of the molecule is CCCCCCCN(CCCCC)CCCC(=O)Nc1cccc(Cc2cccc(NC(=O)CCCN(CCCCC)CCCCCCC)c2)c1. The molecule has 0 saturated heterocycles. The molecule has 0 unspecified atom stereocenters. The molecule has 288 valence electrons. The first-order valence-corrected chi connectivity index (χ1v) is 21.2. The second-order valence-electron chi connectivity index (χ2n) is 14.8. The highest BCUT2D eigenvalue weighted by atomic mass is 16.2. The number of unbranched alkanes of at least 4 members (excludes halogenated alkanes) is 12. The van der Waals surface area contributed by atoms with Gasteiger partial charge in [-0.25, -0.2) is 0 Å². The van der Waals surface area contributed by atoms with Crippen molar-refractivity contribution in [3.63, 3.8) is 0 Å². The lowest BCUT2D eigenvalue weighted by molar-refractivity contribution is -0.117. The van der Waals surface area contributed by atoms with E-state index in [2.05, 4.69) is 72.4 Å². The molecular weight excluding hydrogens is 629 g/mol. The molecular formula is C45H76N4O2. The summed E-state index contributed by atoms with van der Waals surface area (Å²) in [5.74, 6) is 0.175. The second-order valence-corrected chi connectivity index (χ2v) is 14.8. The first kappa shape index (κ1) is 44.5. The van der Waals surface area contributed by atoms with Gasteiger partial charge in [0.1, 0.15) is 0 Å². The minimum Gasteiger partial charge on any atom is -0.326 e. The maximum Gasteiger partial charge on any atom is 0.224 e. The number of nitrogens with zero attached hydrogens (tertiary/aromatic N) is 2. The van der Waals surface area contributed by atoms with E-state index in [-0.39, 0.29) is 11.8 Å². The number of amides is 2. The van der Waals surface area contributed by atoms with Gasteiger partial charge in [0.15, 0.2) is 0 Å². The minimum atomic E-state index is 0.0874. The van der Waals surface area contributed by atoms with Gasteiger partial charge < -0.3 is 20.4 Å². The predicted molar refractivity (Wildman–Crippen MR) is 221 cm³/mol. The van der Waals surface area contributed by atoms with Gasteiger partial charge in [-0.3, -0.25) is 9.59 Å². The van der Waals surface area contributed by atoms with Crippen LogP contribution in [0.25, 0.3) is 0 Å². The Bertz CT molecular complexity index is 1080. The summed E-state index contributed by atoms with van der Waals surface area (Å²) in [6.07, 6.45) is 24.2. The van der Waals surface area contributed by atoms with Crippen LogP contribution in [0.4, 0.5) is 11.4 Å². The van der Waals surface area contributed by atoms with Crippen molar-refractivity contribution in [2.75, 3.05) is 49.9 Å². The predicted octanol–water partition coefficient (Wildman–Crippen LogP) is 11.6. The molecule has 0 heterocycles. The first-order chi connectivity index (χ1) is 25.0. The number of nitrogens with one attached hydrogen (secondary N) is 2. The summed E-state index contributed by atoms with van der Waals surface area (Å²) in [5.41, 5.74) is 3.98. The number of hydrogen-bond acceptors (Lipinski definition) is 4. The monoisotopic (exact) mass is 705 g/mol. The smallest absolute Gasteiger partial charge is 0.224 e. The average molecular weight is 705 g/mol. The van der Waals surface area contributed by atoms with Crippen LogP contribution in [0.3, 0.4) is 0 Å². The van der Waals surface area contributed by atoms with E-state index in [9.17, 15) is 9.59 Å². The molecule has 0 fully saturated rings. The van der Waals surface area contributed by atoms with E-state index in [0.29, 0.717) is 12.8 Å². The molecule has 0 bridgehead atoms. The lowest BCUT2D eigenvalue weighted by Gasteiger charge is -2.22. The van der Waals surface area contributed by atoms with Crippen molar-refractivity contribution in [2.45, 2.75) is 163 Å². The van der Waals surface area contributed by atoms with Crippen LogP contribution >= 0.6 is 0 Å². The topological polar surface area (TPSA) is 64.7 Å². The highest BCUT2D eigenvalue weighted by Crippen LogP contribution is 2.19. The van der Waals surface area contributed by atoms with Crippen LogP contribution in [0.2, 0.25) is 0 Å². The van der Waals surface area contributed by atoms with Gasteiger partial charge >= 0.3 is 0 Å². The van der Waals surface area contributed by atoms with Gasteiger partial charge in [0.2, 0.25) is 11.8 Å². The van der Waals surface area contributed by atoms with Gasteiger partial charge in [0.05, 0.1) is 0 Å². The van der Waals surface area contributed by atoms with Crippen molar-refractivity contribution in [2.24, 2.45) is 0 Å². The third kappa shape index (κ3) is 22.8. The molecule has 2 aromatic carbocycles. The summed E-state index contributed by atoms with van der Waals surface area (Å²) in [5, 5.41) is 6.28. The lowest BCUT2D eigenvalue weighted by Crippen LogP contribution is -2.28. The van der Waals surface area contributed by atoms with E-state index in [0.717, 1.165) is 81.0 Å². The second kappa shape index (κ2) is 29.8. The van der Waals surface area contributed by atoms with Crippen molar-refractivity contribution in [1.29, 1.82) is 0 Å². The van der Waals surface area contributed by atoms with Gasteiger partial charge in [-0.1, -0.05) is 129 Å². The zero-order chi connectivity index (χ0) is 36.8. The summed E-state index contributed by atoms with van der Waals surface area (Å²) >= 11 is 0. The molecule has 2 aromatic rings. The maximum atomic E-state index is 12.9. The highest BCUT2D eigenvalue weighted by Gasteiger charge is 2.10. The Morgan fingerprint density at radius 1 is 0.451 bits per heavy atom. The molecule has 2 amide bonds. The Morgan fingerprint density at radius 3 is 1.18 bits per heavy atom. The minimum absolute atomic E-state index is 0.0874. The molecule has 0 spiro atoms. The molecule has 0 radical (unpaired) electrons. The van der Waals surface area contributed by atoms with Crippen LogP contribution < -0.4 is 10.6 Å². The summed E-state index contributed by atoms with van der Waals surface area (Å²) in [6.45, 7) is 15.6. The Kier molecular flexibility index (Phi) is 26.0. The maximum absolute atomic E-state index is 12.9. The fourth-order valence-electron chi connectivity index (χ4n) is 6.85. The van der Waals surface area contributed by atoms with Crippen molar-refractivity contribution in [3.8, 4) is 0 Å². The Labute approximate surface area is 313 Å². The first-order valence-electron chi connectivity index (χ1n) is 21.2. The Hall–Kier alpha value is -2.70. The van der Waals surface area contributed by atoms with Crippen LogP contribution in [-0.4, -0.2) is 60.9 Å².